The second-order valence-electron chi connectivity index (χ2n) is 6.80. The van der Waals surface area contributed by atoms with Crippen LogP contribution >= 0.6 is 0 Å². The number of carbonyl (C=O) groups excluding carboxylic acids is 3. The van der Waals surface area contributed by atoms with E-state index in [-0.39, 0.29) is 36.4 Å². The van der Waals surface area contributed by atoms with Crippen molar-refractivity contribution in [2.24, 2.45) is 0 Å². The Morgan fingerprint density at radius 1 is 1.04 bits per heavy atom. The third-order valence-corrected chi connectivity index (χ3v) is 5.33. The molecule has 1 atom stereocenters. The fraction of sp³-hybridized carbons (Fsp3) is 0.529. The van der Waals surface area contributed by atoms with E-state index in [0.29, 0.717) is 17.5 Å². The topological polar surface area (TPSA) is 101 Å². The molecule has 0 radical (unpaired) electrons. The summed E-state index contributed by atoms with van der Waals surface area (Å²) < 4.78 is 1.72. The lowest BCUT2D eigenvalue weighted by Gasteiger charge is -2.29. The molecule has 3 amide bonds. The highest BCUT2D eigenvalue weighted by molar-refractivity contribution is 6.05. The Morgan fingerprint density at radius 3 is 2.52 bits per heavy atom. The van der Waals surface area contributed by atoms with E-state index in [0.717, 1.165) is 25.9 Å². The summed E-state index contributed by atoms with van der Waals surface area (Å²) in [6.45, 7) is 1.87. The number of hydrogen-bond acceptors (Lipinski definition) is 5. The van der Waals surface area contributed by atoms with Crippen molar-refractivity contribution in [2.75, 3.05) is 13.1 Å². The predicted octanol–water partition coefficient (Wildman–Crippen LogP) is -0.466. The molecule has 2 fully saturated rings. The zero-order valence-corrected chi connectivity index (χ0v) is 13.8. The molecule has 0 aliphatic carbocycles. The van der Waals surface area contributed by atoms with E-state index in [9.17, 15) is 19.2 Å². The number of nitrogens with one attached hydrogen (secondary N) is 2. The minimum atomic E-state index is -0.690. The number of amides is 3. The Morgan fingerprint density at radius 2 is 1.80 bits per heavy atom. The molecule has 1 aromatic rings. The van der Waals surface area contributed by atoms with Crippen molar-refractivity contribution in [1.29, 1.82) is 0 Å². The molecule has 0 spiro atoms. The zero-order valence-electron chi connectivity index (χ0n) is 13.8. The van der Waals surface area contributed by atoms with E-state index >= 15 is 0 Å². The van der Waals surface area contributed by atoms with Crippen LogP contribution in [0.5, 0.6) is 0 Å². The number of carbonyl (C=O) groups is 3. The van der Waals surface area contributed by atoms with Gasteiger partial charge in [-0.1, -0.05) is 0 Å². The van der Waals surface area contributed by atoms with Gasteiger partial charge in [0.25, 0.3) is 11.5 Å². The number of rotatable bonds is 2. The summed E-state index contributed by atoms with van der Waals surface area (Å²) in [7, 11) is 0. The largest absolute Gasteiger partial charge is 0.322 e. The van der Waals surface area contributed by atoms with Gasteiger partial charge in [-0.15, -0.1) is 0 Å². The van der Waals surface area contributed by atoms with Gasteiger partial charge in [-0.25, -0.2) is 0 Å². The SMILES string of the molecule is O=C1CCC(N2Cc3c(ccn(C4CCNCC4)c3=O)C2=O)C(=O)N1. The first kappa shape index (κ1) is 16.0. The monoisotopic (exact) mass is 344 g/mol. The summed E-state index contributed by atoms with van der Waals surface area (Å²) in [6.07, 6.45) is 3.96. The first-order chi connectivity index (χ1) is 12.1. The fourth-order valence-electron chi connectivity index (χ4n) is 3.95. The smallest absolute Gasteiger partial charge is 0.256 e. The third kappa shape index (κ3) is 2.66. The lowest BCUT2D eigenvalue weighted by molar-refractivity contribution is -0.136. The number of piperidine rings is 2. The lowest BCUT2D eigenvalue weighted by Crippen LogP contribution is -2.52. The van der Waals surface area contributed by atoms with Crippen LogP contribution in [0.2, 0.25) is 0 Å². The number of hydrogen-bond donors (Lipinski definition) is 2. The molecule has 8 nitrogen and oxygen atoms in total. The van der Waals surface area contributed by atoms with E-state index in [1.807, 2.05) is 0 Å². The Kier molecular flexibility index (Phi) is 3.91. The van der Waals surface area contributed by atoms with Gasteiger partial charge in [0, 0.05) is 24.2 Å². The van der Waals surface area contributed by atoms with Crippen molar-refractivity contribution in [3.8, 4) is 0 Å². The average molecular weight is 344 g/mol. The molecule has 0 saturated carbocycles. The molecule has 0 bridgehead atoms. The summed E-state index contributed by atoms with van der Waals surface area (Å²) in [4.78, 5) is 50.3. The van der Waals surface area contributed by atoms with E-state index in [1.165, 1.54) is 4.90 Å². The summed E-state index contributed by atoms with van der Waals surface area (Å²) in [5, 5.41) is 5.54. The molecule has 2 saturated heterocycles. The summed E-state index contributed by atoms with van der Waals surface area (Å²) in [6, 6.07) is 1.13. The van der Waals surface area contributed by atoms with Gasteiger partial charge < -0.3 is 14.8 Å². The van der Waals surface area contributed by atoms with Crippen molar-refractivity contribution < 1.29 is 14.4 Å². The van der Waals surface area contributed by atoms with Crippen LogP contribution in [0.4, 0.5) is 0 Å². The maximum atomic E-state index is 12.9. The molecule has 4 heterocycles. The molecule has 3 aliphatic rings. The van der Waals surface area contributed by atoms with Crippen LogP contribution in [0.3, 0.4) is 0 Å². The standard InChI is InChI=1S/C17H20N4O4/c22-14-2-1-13(15(23)19-14)21-9-12-11(16(21)24)5-8-20(17(12)25)10-3-6-18-7-4-10/h5,8,10,13,18H,1-4,6-7,9H2,(H,19,22,23). The maximum absolute atomic E-state index is 12.9. The van der Waals surface area contributed by atoms with Gasteiger partial charge >= 0.3 is 0 Å². The number of nitrogens with zero attached hydrogens (tertiary/aromatic N) is 2. The zero-order chi connectivity index (χ0) is 17.6. The van der Waals surface area contributed by atoms with E-state index < -0.39 is 11.9 Å². The second-order valence-corrected chi connectivity index (χ2v) is 6.80. The quantitative estimate of drug-likeness (QED) is 0.707. The van der Waals surface area contributed by atoms with E-state index in [1.54, 1.807) is 16.8 Å². The second kappa shape index (κ2) is 6.11. The normalized spacial score (nSPS) is 24.4. The van der Waals surface area contributed by atoms with Crippen molar-refractivity contribution in [2.45, 2.75) is 44.3 Å². The first-order valence-corrected chi connectivity index (χ1v) is 8.65. The van der Waals surface area contributed by atoms with Crippen LogP contribution in [-0.4, -0.2) is 46.3 Å². The molecule has 8 heteroatoms. The summed E-state index contributed by atoms with van der Waals surface area (Å²) in [5.41, 5.74) is 0.683. The van der Waals surface area contributed by atoms with Crippen LogP contribution in [0, 0.1) is 0 Å². The van der Waals surface area contributed by atoms with E-state index in [4.69, 9.17) is 0 Å². The Labute approximate surface area is 144 Å². The summed E-state index contributed by atoms with van der Waals surface area (Å²) in [5.74, 6) is -1.09. The molecule has 2 N–H and O–H groups in total. The first-order valence-electron chi connectivity index (χ1n) is 8.65. The molecule has 25 heavy (non-hydrogen) atoms. The van der Waals surface area contributed by atoms with Crippen LogP contribution in [0.25, 0.3) is 0 Å². The molecular formula is C17H20N4O4. The highest BCUT2D eigenvalue weighted by Crippen LogP contribution is 2.26. The van der Waals surface area contributed by atoms with Crippen LogP contribution < -0.4 is 16.2 Å². The molecule has 4 rings (SSSR count). The van der Waals surface area contributed by atoms with Crippen molar-refractivity contribution in [1.82, 2.24) is 20.1 Å². The number of imide groups is 1. The fourth-order valence-corrected chi connectivity index (χ4v) is 3.95. The summed E-state index contributed by atoms with van der Waals surface area (Å²) >= 11 is 0. The number of pyridine rings is 1. The van der Waals surface area contributed by atoms with Gasteiger partial charge in [0.1, 0.15) is 6.04 Å². The molecule has 1 unspecified atom stereocenters. The minimum Gasteiger partial charge on any atom is -0.322 e. The van der Waals surface area contributed by atoms with Crippen molar-refractivity contribution in [3.63, 3.8) is 0 Å². The van der Waals surface area contributed by atoms with Crippen LogP contribution in [-0.2, 0) is 16.1 Å². The molecule has 1 aromatic heterocycles. The Balaban J connectivity index is 1.63. The predicted molar refractivity (Wildman–Crippen MR) is 87.9 cm³/mol. The van der Waals surface area contributed by atoms with Crippen molar-refractivity contribution in [3.05, 3.63) is 33.7 Å². The minimum absolute atomic E-state index is 0.130. The molecule has 0 aromatic carbocycles. The van der Waals surface area contributed by atoms with Gasteiger partial charge in [-0.05, 0) is 38.4 Å². The number of fused-ring (bicyclic) bond motifs is 1. The average Bonchev–Trinajstić information content (AvgIpc) is 2.94. The third-order valence-electron chi connectivity index (χ3n) is 5.33. The molecular weight excluding hydrogens is 324 g/mol. The van der Waals surface area contributed by atoms with Crippen LogP contribution in [0.1, 0.15) is 47.6 Å². The maximum Gasteiger partial charge on any atom is 0.256 e. The van der Waals surface area contributed by atoms with Crippen LogP contribution in [0.15, 0.2) is 17.1 Å². The lowest BCUT2D eigenvalue weighted by atomic mass is 10.0. The highest BCUT2D eigenvalue weighted by atomic mass is 16.2. The molecule has 132 valence electrons. The number of aromatic nitrogens is 1. The van der Waals surface area contributed by atoms with Gasteiger partial charge in [-0.2, -0.15) is 0 Å². The highest BCUT2D eigenvalue weighted by Gasteiger charge is 2.40. The Hall–Kier alpha value is -2.48. The van der Waals surface area contributed by atoms with E-state index in [2.05, 4.69) is 10.6 Å². The van der Waals surface area contributed by atoms with Gasteiger partial charge in [0.2, 0.25) is 11.8 Å². The Bertz CT molecular complexity index is 809. The van der Waals surface area contributed by atoms with Gasteiger partial charge in [0.15, 0.2) is 0 Å². The van der Waals surface area contributed by atoms with Gasteiger partial charge in [-0.3, -0.25) is 24.5 Å². The van der Waals surface area contributed by atoms with Gasteiger partial charge in [0.05, 0.1) is 12.1 Å². The molecule has 3 aliphatic heterocycles. The van der Waals surface area contributed by atoms with Crippen molar-refractivity contribution >= 4 is 17.7 Å².